The summed E-state index contributed by atoms with van der Waals surface area (Å²) in [6.45, 7) is 2.09. The highest BCUT2D eigenvalue weighted by atomic mass is 16.2. The highest BCUT2D eigenvalue weighted by molar-refractivity contribution is 5.93. The topological polar surface area (TPSA) is 80.1 Å². The van der Waals surface area contributed by atoms with Gasteiger partial charge in [-0.05, 0) is 43.9 Å². The normalized spacial score (nSPS) is 25.2. The summed E-state index contributed by atoms with van der Waals surface area (Å²) in [6, 6.07) is 0.156. The van der Waals surface area contributed by atoms with Crippen LogP contribution in [0.1, 0.15) is 50.6 Å². The van der Waals surface area contributed by atoms with Crippen molar-refractivity contribution < 1.29 is 9.59 Å². The second kappa shape index (κ2) is 7.48. The van der Waals surface area contributed by atoms with Crippen LogP contribution in [0.2, 0.25) is 0 Å². The summed E-state index contributed by atoms with van der Waals surface area (Å²) in [7, 11) is 0. The van der Waals surface area contributed by atoms with E-state index in [1.165, 1.54) is 0 Å². The predicted molar refractivity (Wildman–Crippen MR) is 94.4 cm³/mol. The van der Waals surface area contributed by atoms with Gasteiger partial charge in [-0.3, -0.25) is 14.3 Å². The number of carbonyl (C=O) groups is 2. The van der Waals surface area contributed by atoms with Crippen LogP contribution in [0.25, 0.3) is 0 Å². The van der Waals surface area contributed by atoms with Gasteiger partial charge in [-0.15, -0.1) is 5.10 Å². The molecule has 7 heteroatoms. The van der Waals surface area contributed by atoms with Gasteiger partial charge in [0.1, 0.15) is 5.69 Å². The Balaban J connectivity index is 1.30. The molecule has 0 aromatic carbocycles. The number of hydrogen-bond donors (Lipinski definition) is 1. The van der Waals surface area contributed by atoms with Crippen molar-refractivity contribution in [2.24, 2.45) is 11.8 Å². The molecule has 0 unspecified atom stereocenters. The second-order valence-corrected chi connectivity index (χ2v) is 7.67. The van der Waals surface area contributed by atoms with Gasteiger partial charge in [-0.25, -0.2) is 0 Å². The Bertz CT molecular complexity index is 743. The summed E-state index contributed by atoms with van der Waals surface area (Å²) >= 11 is 0. The molecule has 0 radical (unpaired) electrons. The Kier molecular flexibility index (Phi) is 4.91. The van der Waals surface area contributed by atoms with E-state index in [1.54, 1.807) is 0 Å². The van der Waals surface area contributed by atoms with E-state index in [4.69, 9.17) is 0 Å². The first-order valence-corrected chi connectivity index (χ1v) is 9.66. The monoisotopic (exact) mass is 355 g/mol. The molecule has 0 spiro atoms. The average molecular weight is 355 g/mol. The van der Waals surface area contributed by atoms with Gasteiger partial charge in [0, 0.05) is 31.5 Å². The summed E-state index contributed by atoms with van der Waals surface area (Å²) in [5.41, 5.74) is 0.828. The molecule has 0 bridgehead atoms. The molecule has 138 valence electrons. The minimum Gasteiger partial charge on any atom is -0.342 e. The first kappa shape index (κ1) is 17.1. The quantitative estimate of drug-likeness (QED) is 0.802. The van der Waals surface area contributed by atoms with E-state index in [1.807, 2.05) is 15.8 Å². The lowest BCUT2D eigenvalue weighted by Crippen LogP contribution is -2.38. The van der Waals surface area contributed by atoms with E-state index < -0.39 is 0 Å². The van der Waals surface area contributed by atoms with Gasteiger partial charge in [0.2, 0.25) is 5.91 Å². The van der Waals surface area contributed by atoms with E-state index in [0.717, 1.165) is 57.3 Å². The smallest absolute Gasteiger partial charge is 0.296 e. The van der Waals surface area contributed by atoms with Crippen molar-refractivity contribution >= 4 is 11.8 Å². The highest BCUT2D eigenvalue weighted by Gasteiger charge is 2.29. The van der Waals surface area contributed by atoms with Gasteiger partial charge >= 0.3 is 0 Å². The van der Waals surface area contributed by atoms with Crippen LogP contribution in [0.3, 0.4) is 0 Å². The van der Waals surface area contributed by atoms with Crippen molar-refractivity contribution in [3.05, 3.63) is 11.9 Å². The van der Waals surface area contributed by atoms with Crippen molar-refractivity contribution in [2.45, 2.75) is 64.1 Å². The van der Waals surface area contributed by atoms with Gasteiger partial charge in [0.25, 0.3) is 5.91 Å². The zero-order valence-electron chi connectivity index (χ0n) is 15.0. The summed E-state index contributed by atoms with van der Waals surface area (Å²) < 4.78 is 1.85. The Morgan fingerprint density at radius 3 is 2.92 bits per heavy atom. The lowest BCUT2D eigenvalue weighted by molar-refractivity contribution is -0.128. The van der Waals surface area contributed by atoms with Crippen molar-refractivity contribution in [1.29, 1.82) is 0 Å². The number of likely N-dealkylation sites (tertiary alicyclic amines) is 1. The molecule has 1 N–H and O–H groups in total. The third kappa shape index (κ3) is 4.24. The first-order chi connectivity index (χ1) is 12.7. The Morgan fingerprint density at radius 2 is 2.15 bits per heavy atom. The van der Waals surface area contributed by atoms with E-state index in [2.05, 4.69) is 27.5 Å². The molecule has 2 saturated carbocycles. The molecule has 3 aliphatic rings. The number of hydrogen-bond acceptors (Lipinski definition) is 4. The SMILES string of the molecule is O=C(C#CC1CC1)N[C@@H]1CCC[C@@H]1Cn1cc(CN2CCCC2=O)nn1. The summed E-state index contributed by atoms with van der Waals surface area (Å²) in [6.07, 6.45) is 8.92. The van der Waals surface area contributed by atoms with Crippen LogP contribution < -0.4 is 5.32 Å². The molecule has 7 nitrogen and oxygen atoms in total. The highest BCUT2D eigenvalue weighted by Crippen LogP contribution is 2.28. The standard InChI is InChI=1S/C19H25N5O2/c25-18(9-8-14-6-7-14)20-17-4-1-3-15(17)11-24-13-16(21-22-24)12-23-10-2-5-19(23)26/h13-15,17H,1-7,10-12H2,(H,20,25)/t15-,17-/m1/s1. The molecule has 1 aliphatic heterocycles. The fourth-order valence-corrected chi connectivity index (χ4v) is 3.85. The lowest BCUT2D eigenvalue weighted by Gasteiger charge is -2.19. The van der Waals surface area contributed by atoms with E-state index >= 15 is 0 Å². The number of nitrogens with zero attached hydrogens (tertiary/aromatic N) is 4. The van der Waals surface area contributed by atoms with Crippen LogP contribution in [-0.4, -0.2) is 44.3 Å². The zero-order chi connectivity index (χ0) is 17.9. The van der Waals surface area contributed by atoms with Crippen LogP contribution in [0.5, 0.6) is 0 Å². The van der Waals surface area contributed by atoms with Crippen molar-refractivity contribution in [1.82, 2.24) is 25.2 Å². The van der Waals surface area contributed by atoms with E-state index in [9.17, 15) is 9.59 Å². The number of carbonyl (C=O) groups excluding carboxylic acids is 2. The van der Waals surface area contributed by atoms with Crippen molar-refractivity contribution in [3.8, 4) is 11.8 Å². The molecule has 3 fully saturated rings. The van der Waals surface area contributed by atoms with Crippen LogP contribution in [0.15, 0.2) is 6.20 Å². The summed E-state index contributed by atoms with van der Waals surface area (Å²) in [5.74, 6) is 6.59. The van der Waals surface area contributed by atoms with Crippen LogP contribution in [0.4, 0.5) is 0 Å². The van der Waals surface area contributed by atoms with Gasteiger partial charge in [-0.1, -0.05) is 17.6 Å². The number of nitrogens with one attached hydrogen (secondary N) is 1. The van der Waals surface area contributed by atoms with Gasteiger partial charge in [0.15, 0.2) is 0 Å². The molecule has 1 aromatic heterocycles. The van der Waals surface area contributed by atoms with Crippen LogP contribution in [0, 0.1) is 23.7 Å². The van der Waals surface area contributed by atoms with Crippen LogP contribution in [-0.2, 0) is 22.7 Å². The molecule has 26 heavy (non-hydrogen) atoms. The maximum atomic E-state index is 12.0. The minimum absolute atomic E-state index is 0.152. The maximum absolute atomic E-state index is 12.0. The average Bonchev–Trinajstić information content (AvgIpc) is 2.96. The van der Waals surface area contributed by atoms with Gasteiger partial charge in [0.05, 0.1) is 12.7 Å². The third-order valence-corrected chi connectivity index (χ3v) is 5.47. The van der Waals surface area contributed by atoms with E-state index in [0.29, 0.717) is 24.8 Å². The molecule has 2 atom stereocenters. The number of amides is 2. The minimum atomic E-state index is -0.152. The molecule has 1 saturated heterocycles. The lowest BCUT2D eigenvalue weighted by atomic mass is 10.0. The Hall–Kier alpha value is -2.36. The number of aromatic nitrogens is 3. The zero-order valence-corrected chi connectivity index (χ0v) is 15.0. The van der Waals surface area contributed by atoms with Crippen LogP contribution >= 0.6 is 0 Å². The summed E-state index contributed by atoms with van der Waals surface area (Å²) in [4.78, 5) is 25.6. The maximum Gasteiger partial charge on any atom is 0.296 e. The molecular formula is C19H25N5O2. The predicted octanol–water partition coefficient (Wildman–Crippen LogP) is 1.10. The van der Waals surface area contributed by atoms with Gasteiger partial charge in [-0.2, -0.15) is 0 Å². The molecule has 4 rings (SSSR count). The second-order valence-electron chi connectivity index (χ2n) is 7.67. The molecule has 2 aliphatic carbocycles. The molecule has 2 heterocycles. The largest absolute Gasteiger partial charge is 0.342 e. The number of rotatable bonds is 5. The van der Waals surface area contributed by atoms with E-state index in [-0.39, 0.29) is 17.9 Å². The summed E-state index contributed by atoms with van der Waals surface area (Å²) in [5, 5.41) is 11.5. The molecular weight excluding hydrogens is 330 g/mol. The fraction of sp³-hybridized carbons (Fsp3) is 0.684. The molecule has 1 aromatic rings. The van der Waals surface area contributed by atoms with Crippen molar-refractivity contribution in [3.63, 3.8) is 0 Å². The molecule has 2 amide bonds. The Labute approximate surface area is 153 Å². The fourth-order valence-electron chi connectivity index (χ4n) is 3.85. The first-order valence-electron chi connectivity index (χ1n) is 9.66. The third-order valence-electron chi connectivity index (χ3n) is 5.47. The van der Waals surface area contributed by atoms with Gasteiger partial charge < -0.3 is 10.2 Å². The van der Waals surface area contributed by atoms with Crippen molar-refractivity contribution in [2.75, 3.05) is 6.54 Å². The Morgan fingerprint density at radius 1 is 1.27 bits per heavy atom.